The van der Waals surface area contributed by atoms with Crippen molar-refractivity contribution >= 4 is 0 Å². The quantitative estimate of drug-likeness (QED) is 0.842. The predicted molar refractivity (Wildman–Crippen MR) is 63.2 cm³/mol. The summed E-state index contributed by atoms with van der Waals surface area (Å²) >= 11 is 0. The Kier molecular flexibility index (Phi) is 3.96. The summed E-state index contributed by atoms with van der Waals surface area (Å²) in [6, 6.07) is 0.591. The number of aryl methyl sites for hydroxylation is 1. The van der Waals surface area contributed by atoms with Gasteiger partial charge in [-0.25, -0.2) is 0 Å². The fraction of sp³-hybridized carbons (Fsp3) is 0.750. The molecule has 1 fully saturated rings. The van der Waals surface area contributed by atoms with Gasteiger partial charge in [-0.2, -0.15) is 5.10 Å². The standard InChI is InChI=1S/C12H21N3O/c1-3-15-9-11(8-14-15)7-13-12-4-5-16-10(2)6-12/h8-10,12-13H,3-7H2,1-2H3. The second-order valence-corrected chi connectivity index (χ2v) is 4.49. The van der Waals surface area contributed by atoms with Crippen LogP contribution in [-0.2, 0) is 17.8 Å². The Hall–Kier alpha value is -0.870. The first-order chi connectivity index (χ1) is 7.78. The smallest absolute Gasteiger partial charge is 0.0561 e. The molecule has 90 valence electrons. The molecule has 0 spiro atoms. The number of nitrogens with one attached hydrogen (secondary N) is 1. The van der Waals surface area contributed by atoms with Crippen molar-refractivity contribution in [2.24, 2.45) is 0 Å². The Morgan fingerprint density at radius 2 is 2.50 bits per heavy atom. The van der Waals surface area contributed by atoms with Gasteiger partial charge in [-0.05, 0) is 26.7 Å². The van der Waals surface area contributed by atoms with Crippen molar-refractivity contribution in [2.45, 2.75) is 51.9 Å². The van der Waals surface area contributed by atoms with E-state index < -0.39 is 0 Å². The van der Waals surface area contributed by atoms with Gasteiger partial charge in [0.25, 0.3) is 0 Å². The molecule has 2 heterocycles. The molecule has 0 bridgehead atoms. The molecule has 4 nitrogen and oxygen atoms in total. The van der Waals surface area contributed by atoms with Crippen LogP contribution in [0.4, 0.5) is 0 Å². The molecule has 0 aromatic carbocycles. The van der Waals surface area contributed by atoms with E-state index in [1.165, 1.54) is 5.56 Å². The van der Waals surface area contributed by atoms with Gasteiger partial charge in [0, 0.05) is 37.5 Å². The van der Waals surface area contributed by atoms with Crippen molar-refractivity contribution < 1.29 is 4.74 Å². The van der Waals surface area contributed by atoms with Gasteiger partial charge in [-0.15, -0.1) is 0 Å². The van der Waals surface area contributed by atoms with Gasteiger partial charge in [0.1, 0.15) is 0 Å². The number of hydrogen-bond acceptors (Lipinski definition) is 3. The number of aromatic nitrogens is 2. The highest BCUT2D eigenvalue weighted by Gasteiger charge is 2.18. The summed E-state index contributed by atoms with van der Waals surface area (Å²) < 4.78 is 7.49. The van der Waals surface area contributed by atoms with Gasteiger partial charge in [0.05, 0.1) is 12.3 Å². The number of nitrogens with zero attached hydrogens (tertiary/aromatic N) is 2. The zero-order valence-corrected chi connectivity index (χ0v) is 10.1. The number of rotatable bonds is 4. The summed E-state index contributed by atoms with van der Waals surface area (Å²) in [7, 11) is 0. The average Bonchev–Trinajstić information content (AvgIpc) is 2.74. The molecule has 2 rings (SSSR count). The van der Waals surface area contributed by atoms with Gasteiger partial charge >= 0.3 is 0 Å². The minimum atomic E-state index is 0.393. The molecule has 2 atom stereocenters. The molecule has 0 saturated carbocycles. The van der Waals surface area contributed by atoms with Crippen molar-refractivity contribution in [3.63, 3.8) is 0 Å². The largest absolute Gasteiger partial charge is 0.378 e. The molecule has 16 heavy (non-hydrogen) atoms. The average molecular weight is 223 g/mol. The Labute approximate surface area is 97.0 Å². The predicted octanol–water partition coefficient (Wildman–Crippen LogP) is 1.56. The zero-order chi connectivity index (χ0) is 11.4. The van der Waals surface area contributed by atoms with Crippen LogP contribution in [0.5, 0.6) is 0 Å². The molecule has 1 aromatic rings. The van der Waals surface area contributed by atoms with E-state index in [9.17, 15) is 0 Å². The van der Waals surface area contributed by atoms with E-state index in [4.69, 9.17) is 4.74 Å². The fourth-order valence-corrected chi connectivity index (χ4v) is 2.12. The Morgan fingerprint density at radius 3 is 3.19 bits per heavy atom. The summed E-state index contributed by atoms with van der Waals surface area (Å²) in [6.07, 6.45) is 6.67. The van der Waals surface area contributed by atoms with Gasteiger partial charge < -0.3 is 10.1 Å². The second kappa shape index (κ2) is 5.46. The summed E-state index contributed by atoms with van der Waals surface area (Å²) in [6.45, 7) is 6.98. The maximum absolute atomic E-state index is 5.53. The Morgan fingerprint density at radius 1 is 1.62 bits per heavy atom. The highest BCUT2D eigenvalue weighted by molar-refractivity contribution is 5.03. The minimum absolute atomic E-state index is 0.393. The molecule has 2 unspecified atom stereocenters. The fourth-order valence-electron chi connectivity index (χ4n) is 2.12. The van der Waals surface area contributed by atoms with Crippen LogP contribution >= 0.6 is 0 Å². The molecule has 1 N–H and O–H groups in total. The SMILES string of the molecule is CCn1cc(CNC2CCOC(C)C2)cn1. The van der Waals surface area contributed by atoms with E-state index in [2.05, 4.69) is 30.5 Å². The minimum Gasteiger partial charge on any atom is -0.378 e. The zero-order valence-electron chi connectivity index (χ0n) is 10.1. The Balaban J connectivity index is 1.78. The summed E-state index contributed by atoms with van der Waals surface area (Å²) in [5, 5.41) is 7.84. The summed E-state index contributed by atoms with van der Waals surface area (Å²) in [5.74, 6) is 0. The monoisotopic (exact) mass is 223 g/mol. The topological polar surface area (TPSA) is 39.1 Å². The second-order valence-electron chi connectivity index (χ2n) is 4.49. The van der Waals surface area contributed by atoms with Gasteiger partial charge in [0.2, 0.25) is 0 Å². The molecule has 0 radical (unpaired) electrons. The third kappa shape index (κ3) is 3.06. The molecule has 4 heteroatoms. The van der Waals surface area contributed by atoms with Gasteiger partial charge in [0.15, 0.2) is 0 Å². The van der Waals surface area contributed by atoms with Crippen molar-refractivity contribution in [3.8, 4) is 0 Å². The van der Waals surface area contributed by atoms with Crippen molar-refractivity contribution in [2.75, 3.05) is 6.61 Å². The van der Waals surface area contributed by atoms with Crippen molar-refractivity contribution in [3.05, 3.63) is 18.0 Å². The van der Waals surface area contributed by atoms with Crippen LogP contribution in [0.2, 0.25) is 0 Å². The summed E-state index contributed by atoms with van der Waals surface area (Å²) in [4.78, 5) is 0. The molecule has 0 aliphatic carbocycles. The lowest BCUT2D eigenvalue weighted by atomic mass is 10.0. The Bertz CT molecular complexity index is 324. The number of hydrogen-bond donors (Lipinski definition) is 1. The van der Waals surface area contributed by atoms with Crippen LogP contribution in [0.1, 0.15) is 32.3 Å². The van der Waals surface area contributed by atoms with E-state index in [0.717, 1.165) is 32.5 Å². The molecular formula is C12H21N3O. The van der Waals surface area contributed by atoms with E-state index >= 15 is 0 Å². The van der Waals surface area contributed by atoms with Gasteiger partial charge in [-0.3, -0.25) is 4.68 Å². The molecule has 1 aliphatic heterocycles. The lowest BCUT2D eigenvalue weighted by Gasteiger charge is -2.27. The summed E-state index contributed by atoms with van der Waals surface area (Å²) in [5.41, 5.74) is 1.26. The van der Waals surface area contributed by atoms with E-state index in [1.807, 2.05) is 10.9 Å². The van der Waals surface area contributed by atoms with Crippen LogP contribution in [0, 0.1) is 0 Å². The third-order valence-electron chi connectivity index (χ3n) is 3.09. The van der Waals surface area contributed by atoms with E-state index in [0.29, 0.717) is 12.1 Å². The highest BCUT2D eigenvalue weighted by atomic mass is 16.5. The van der Waals surface area contributed by atoms with Crippen molar-refractivity contribution in [1.29, 1.82) is 0 Å². The molecule has 1 aliphatic rings. The maximum Gasteiger partial charge on any atom is 0.0561 e. The highest BCUT2D eigenvalue weighted by Crippen LogP contribution is 2.13. The molecule has 1 saturated heterocycles. The van der Waals surface area contributed by atoms with Crippen LogP contribution in [0.15, 0.2) is 12.4 Å². The lowest BCUT2D eigenvalue weighted by molar-refractivity contribution is 0.0130. The van der Waals surface area contributed by atoms with E-state index in [-0.39, 0.29) is 0 Å². The first-order valence-electron chi connectivity index (χ1n) is 6.14. The van der Waals surface area contributed by atoms with Crippen LogP contribution in [0.3, 0.4) is 0 Å². The van der Waals surface area contributed by atoms with Crippen LogP contribution < -0.4 is 5.32 Å². The first-order valence-corrected chi connectivity index (χ1v) is 6.14. The van der Waals surface area contributed by atoms with Crippen molar-refractivity contribution in [1.82, 2.24) is 15.1 Å². The maximum atomic E-state index is 5.53. The van der Waals surface area contributed by atoms with Crippen LogP contribution in [0.25, 0.3) is 0 Å². The van der Waals surface area contributed by atoms with E-state index in [1.54, 1.807) is 0 Å². The van der Waals surface area contributed by atoms with Gasteiger partial charge in [-0.1, -0.05) is 0 Å². The van der Waals surface area contributed by atoms with Crippen LogP contribution in [-0.4, -0.2) is 28.5 Å². The lowest BCUT2D eigenvalue weighted by Crippen LogP contribution is -2.37. The normalized spacial score (nSPS) is 25.9. The molecule has 0 amide bonds. The molecule has 1 aromatic heterocycles. The molecular weight excluding hydrogens is 202 g/mol. The first kappa shape index (κ1) is 11.6. The number of ether oxygens (including phenoxy) is 1. The third-order valence-corrected chi connectivity index (χ3v) is 3.09.